The Morgan fingerprint density at radius 3 is 2.16 bits per heavy atom. The Kier molecular flexibility index (Phi) is 5.87. The van der Waals surface area contributed by atoms with Gasteiger partial charge in [0.2, 0.25) is 5.91 Å². The zero-order valence-corrected chi connectivity index (χ0v) is 15.6. The summed E-state index contributed by atoms with van der Waals surface area (Å²) < 4.78 is 0. The van der Waals surface area contributed by atoms with Crippen molar-refractivity contribution < 1.29 is 9.59 Å². The topological polar surface area (TPSA) is 66.6 Å². The summed E-state index contributed by atoms with van der Waals surface area (Å²) in [4.78, 5) is 28.9. The van der Waals surface area contributed by atoms with Crippen LogP contribution in [0.1, 0.15) is 36.0 Å². The molecule has 1 aliphatic heterocycles. The van der Waals surface area contributed by atoms with Gasteiger partial charge in [-0.05, 0) is 37.5 Å². The summed E-state index contributed by atoms with van der Waals surface area (Å²) in [6.07, 6.45) is 3.73. The Morgan fingerprint density at radius 2 is 1.56 bits per heavy atom. The molecular weight excluding hydrogens is 361 g/mol. The van der Waals surface area contributed by atoms with Gasteiger partial charge in [-0.2, -0.15) is 0 Å². The maximum atomic E-state index is 12.7. The average molecular weight is 384 g/mol. The van der Waals surface area contributed by atoms with Crippen LogP contribution in [0.2, 0.25) is 10.0 Å². The lowest BCUT2D eigenvalue weighted by Gasteiger charge is -2.37. The van der Waals surface area contributed by atoms with E-state index in [2.05, 4.69) is 0 Å². The van der Waals surface area contributed by atoms with Gasteiger partial charge in [0.25, 0.3) is 5.91 Å². The number of carbonyl (C=O) groups excluding carboxylic acids is 2. The van der Waals surface area contributed by atoms with Gasteiger partial charge < -0.3 is 15.5 Å². The van der Waals surface area contributed by atoms with Crippen LogP contribution in [0.4, 0.5) is 0 Å². The predicted molar refractivity (Wildman–Crippen MR) is 98.9 cm³/mol. The standard InChI is InChI=1S/C18H23Cl2N3O2/c19-14-8-13(9-15(20)11-14)18(25)23-6-4-22(5-7-23)17(24)12-2-1-3-16(21)10-12/h8-9,11-12,16H,1-7,10,21H2. The van der Waals surface area contributed by atoms with E-state index in [4.69, 9.17) is 28.9 Å². The van der Waals surface area contributed by atoms with Gasteiger partial charge in [0.05, 0.1) is 0 Å². The van der Waals surface area contributed by atoms with Gasteiger partial charge in [0.15, 0.2) is 0 Å². The highest BCUT2D eigenvalue weighted by atomic mass is 35.5. The largest absolute Gasteiger partial charge is 0.339 e. The number of benzene rings is 1. The van der Waals surface area contributed by atoms with Crippen molar-refractivity contribution in [2.45, 2.75) is 31.7 Å². The van der Waals surface area contributed by atoms with Crippen molar-refractivity contribution in [1.82, 2.24) is 9.80 Å². The highest BCUT2D eigenvalue weighted by Gasteiger charge is 2.31. The molecule has 1 aliphatic carbocycles. The second-order valence-corrected chi connectivity index (χ2v) is 7.77. The van der Waals surface area contributed by atoms with Crippen molar-refractivity contribution in [1.29, 1.82) is 0 Å². The number of nitrogens with two attached hydrogens (primary N) is 1. The molecule has 1 saturated carbocycles. The van der Waals surface area contributed by atoms with Gasteiger partial charge >= 0.3 is 0 Å². The lowest BCUT2D eigenvalue weighted by Crippen LogP contribution is -2.52. The van der Waals surface area contributed by atoms with Crippen molar-refractivity contribution in [2.24, 2.45) is 11.7 Å². The van der Waals surface area contributed by atoms with Crippen LogP contribution < -0.4 is 5.73 Å². The normalized spacial score (nSPS) is 24.3. The van der Waals surface area contributed by atoms with Crippen LogP contribution in [0.3, 0.4) is 0 Å². The molecule has 0 spiro atoms. The fourth-order valence-electron chi connectivity index (χ4n) is 3.70. The Hall–Kier alpha value is -1.30. The molecule has 3 rings (SSSR count). The van der Waals surface area contributed by atoms with E-state index in [1.807, 2.05) is 4.90 Å². The van der Waals surface area contributed by atoms with Crippen molar-refractivity contribution in [2.75, 3.05) is 26.2 Å². The van der Waals surface area contributed by atoms with Crippen LogP contribution in [0.15, 0.2) is 18.2 Å². The number of amides is 2. The van der Waals surface area contributed by atoms with Crippen LogP contribution in [0.5, 0.6) is 0 Å². The molecule has 2 N–H and O–H groups in total. The van der Waals surface area contributed by atoms with Crippen LogP contribution in [-0.2, 0) is 4.79 Å². The molecule has 1 saturated heterocycles. The summed E-state index contributed by atoms with van der Waals surface area (Å²) in [6.45, 7) is 2.16. The Bertz CT molecular complexity index is 639. The minimum atomic E-state index is -0.101. The van der Waals surface area contributed by atoms with Gasteiger partial charge in [0, 0.05) is 53.7 Å². The zero-order chi connectivity index (χ0) is 18.0. The fourth-order valence-corrected chi connectivity index (χ4v) is 4.23. The van der Waals surface area contributed by atoms with Gasteiger partial charge in [-0.25, -0.2) is 0 Å². The van der Waals surface area contributed by atoms with E-state index < -0.39 is 0 Å². The number of hydrogen-bond donors (Lipinski definition) is 1. The molecule has 2 aliphatic rings. The van der Waals surface area contributed by atoms with Crippen molar-refractivity contribution >= 4 is 35.0 Å². The summed E-state index contributed by atoms with van der Waals surface area (Å²) in [5, 5.41) is 0.886. The molecule has 2 fully saturated rings. The summed E-state index contributed by atoms with van der Waals surface area (Å²) in [6, 6.07) is 4.98. The molecule has 5 nitrogen and oxygen atoms in total. The maximum Gasteiger partial charge on any atom is 0.254 e. The van der Waals surface area contributed by atoms with Crippen molar-refractivity contribution in [3.05, 3.63) is 33.8 Å². The molecule has 1 aromatic carbocycles. The van der Waals surface area contributed by atoms with E-state index in [0.29, 0.717) is 41.8 Å². The van der Waals surface area contributed by atoms with Crippen molar-refractivity contribution in [3.8, 4) is 0 Å². The maximum absolute atomic E-state index is 12.7. The fraction of sp³-hybridized carbons (Fsp3) is 0.556. The smallest absolute Gasteiger partial charge is 0.254 e. The van der Waals surface area contributed by atoms with Crippen LogP contribution in [0.25, 0.3) is 0 Å². The van der Waals surface area contributed by atoms with E-state index in [1.54, 1.807) is 23.1 Å². The van der Waals surface area contributed by atoms with E-state index in [1.165, 1.54) is 0 Å². The highest BCUT2D eigenvalue weighted by molar-refractivity contribution is 6.35. The lowest BCUT2D eigenvalue weighted by atomic mass is 9.85. The quantitative estimate of drug-likeness (QED) is 0.853. The number of piperazine rings is 1. The number of rotatable bonds is 2. The monoisotopic (exact) mass is 383 g/mol. The van der Waals surface area contributed by atoms with Gasteiger partial charge in [-0.15, -0.1) is 0 Å². The Labute approximate surface area is 158 Å². The average Bonchev–Trinajstić information content (AvgIpc) is 2.60. The first kappa shape index (κ1) is 18.5. The first-order valence-electron chi connectivity index (χ1n) is 8.74. The highest BCUT2D eigenvalue weighted by Crippen LogP contribution is 2.26. The first-order chi connectivity index (χ1) is 11.9. The minimum absolute atomic E-state index is 0.0396. The molecular formula is C18H23Cl2N3O2. The third-order valence-corrected chi connectivity index (χ3v) is 5.49. The molecule has 7 heteroatoms. The molecule has 0 bridgehead atoms. The van der Waals surface area contributed by atoms with Gasteiger partial charge in [-0.3, -0.25) is 9.59 Å². The van der Waals surface area contributed by atoms with E-state index in [0.717, 1.165) is 25.7 Å². The molecule has 2 atom stereocenters. The van der Waals surface area contributed by atoms with Gasteiger partial charge in [0.1, 0.15) is 0 Å². The SMILES string of the molecule is NC1CCCC(C(=O)N2CCN(C(=O)c3cc(Cl)cc(Cl)c3)CC2)C1. The molecule has 1 heterocycles. The first-order valence-corrected chi connectivity index (χ1v) is 9.49. The predicted octanol–water partition coefficient (Wildman–Crippen LogP) is 2.80. The molecule has 2 unspecified atom stereocenters. The summed E-state index contributed by atoms with van der Waals surface area (Å²) in [5.74, 6) is 0.127. The number of nitrogens with zero attached hydrogens (tertiary/aromatic N) is 2. The number of halogens is 2. The van der Waals surface area contributed by atoms with E-state index in [9.17, 15) is 9.59 Å². The summed E-state index contributed by atoms with van der Waals surface area (Å²) >= 11 is 12.0. The van der Waals surface area contributed by atoms with Crippen LogP contribution >= 0.6 is 23.2 Å². The molecule has 2 amide bonds. The van der Waals surface area contributed by atoms with Crippen LogP contribution in [-0.4, -0.2) is 53.8 Å². The third-order valence-electron chi connectivity index (χ3n) is 5.05. The third kappa shape index (κ3) is 4.46. The van der Waals surface area contributed by atoms with E-state index >= 15 is 0 Å². The second-order valence-electron chi connectivity index (χ2n) is 6.90. The zero-order valence-electron chi connectivity index (χ0n) is 14.1. The minimum Gasteiger partial charge on any atom is -0.339 e. The Balaban J connectivity index is 1.57. The number of carbonyl (C=O) groups is 2. The van der Waals surface area contributed by atoms with Crippen molar-refractivity contribution in [3.63, 3.8) is 0 Å². The molecule has 0 radical (unpaired) electrons. The molecule has 25 heavy (non-hydrogen) atoms. The van der Waals surface area contributed by atoms with Crippen LogP contribution in [0, 0.1) is 5.92 Å². The summed E-state index contributed by atoms with van der Waals surface area (Å²) in [7, 11) is 0. The molecule has 1 aromatic rings. The summed E-state index contributed by atoms with van der Waals surface area (Å²) in [5.41, 5.74) is 6.48. The second kappa shape index (κ2) is 7.94. The van der Waals surface area contributed by atoms with E-state index in [-0.39, 0.29) is 23.8 Å². The number of hydrogen-bond acceptors (Lipinski definition) is 3. The Morgan fingerprint density at radius 1 is 0.960 bits per heavy atom. The molecule has 0 aromatic heterocycles. The lowest BCUT2D eigenvalue weighted by molar-refractivity contribution is -0.138. The van der Waals surface area contributed by atoms with Gasteiger partial charge in [-0.1, -0.05) is 29.6 Å². The molecule has 136 valence electrons.